The molecule has 2 rings (SSSR count). The van der Waals surface area contributed by atoms with Crippen molar-refractivity contribution in [1.29, 1.82) is 0 Å². The van der Waals surface area contributed by atoms with Crippen LogP contribution >= 0.6 is 22.6 Å². The van der Waals surface area contributed by atoms with E-state index in [1.54, 1.807) is 24.3 Å². The minimum Gasteiger partial charge on any atom is -0.506 e. The highest BCUT2D eigenvalue weighted by atomic mass is 127. The molecule has 0 aromatic heterocycles. The summed E-state index contributed by atoms with van der Waals surface area (Å²) in [6.45, 7) is 0. The quantitative estimate of drug-likeness (QED) is 0.562. The number of urea groups is 1. The van der Waals surface area contributed by atoms with Crippen molar-refractivity contribution in [2.75, 3.05) is 10.6 Å². The summed E-state index contributed by atoms with van der Waals surface area (Å²) in [5.74, 6) is -0.0987. The number of nitrogen functional groups attached to an aromatic ring is 1. The number of carbonyl (C=O) groups is 1. The van der Waals surface area contributed by atoms with Gasteiger partial charge in [-0.05, 0) is 46.9 Å². The predicted octanol–water partition coefficient (Wildman–Crippen LogP) is 2.80. The topological polar surface area (TPSA) is 92.6 Å². The van der Waals surface area contributed by atoms with Crippen molar-refractivity contribution in [2.24, 2.45) is 5.73 Å². The fourth-order valence-electron chi connectivity index (χ4n) is 1.73. The smallest absolute Gasteiger partial charge is 0.324 e. The molecule has 2 amide bonds. The molecule has 2 aromatic carbocycles. The van der Waals surface area contributed by atoms with Gasteiger partial charge in [-0.3, -0.25) is 4.90 Å². The summed E-state index contributed by atoms with van der Waals surface area (Å²) in [5.41, 5.74) is 12.3. The van der Waals surface area contributed by atoms with Gasteiger partial charge in [-0.2, -0.15) is 0 Å². The number of hydrogen-bond acceptors (Lipinski definition) is 3. The van der Waals surface area contributed by atoms with E-state index >= 15 is 0 Å². The first-order chi connectivity index (χ1) is 9.00. The fraction of sp³-hybridized carbons (Fsp3) is 0. The largest absolute Gasteiger partial charge is 0.506 e. The summed E-state index contributed by atoms with van der Waals surface area (Å²) in [6, 6.07) is 11.1. The Hall–Kier alpha value is -1.96. The molecule has 0 spiro atoms. The van der Waals surface area contributed by atoms with Gasteiger partial charge in [0.1, 0.15) is 5.75 Å². The Morgan fingerprint density at radius 1 is 1.16 bits per heavy atom. The van der Waals surface area contributed by atoms with E-state index in [9.17, 15) is 9.90 Å². The van der Waals surface area contributed by atoms with Crippen LogP contribution in [0.2, 0.25) is 0 Å². The Balaban J connectivity index is 2.59. The van der Waals surface area contributed by atoms with Gasteiger partial charge in [-0.25, -0.2) is 4.79 Å². The maximum Gasteiger partial charge on any atom is 0.324 e. The second kappa shape index (κ2) is 5.35. The van der Waals surface area contributed by atoms with E-state index in [0.29, 0.717) is 17.1 Å². The van der Waals surface area contributed by atoms with Crippen LogP contribution in [-0.4, -0.2) is 11.1 Å². The second-order valence-corrected chi connectivity index (χ2v) is 5.04. The molecule has 0 saturated carbocycles. The number of para-hydroxylation sites is 1. The lowest BCUT2D eigenvalue weighted by atomic mass is 10.2. The molecule has 0 unspecified atom stereocenters. The number of anilines is 3. The monoisotopic (exact) mass is 369 g/mol. The van der Waals surface area contributed by atoms with Gasteiger partial charge in [0.2, 0.25) is 0 Å². The lowest BCUT2D eigenvalue weighted by Gasteiger charge is -2.22. The van der Waals surface area contributed by atoms with Crippen LogP contribution in [0, 0.1) is 3.57 Å². The molecule has 5 nitrogen and oxygen atoms in total. The first-order valence-corrected chi connectivity index (χ1v) is 6.51. The average molecular weight is 369 g/mol. The van der Waals surface area contributed by atoms with Crippen LogP contribution in [0.15, 0.2) is 42.5 Å². The molecule has 0 saturated heterocycles. The van der Waals surface area contributed by atoms with E-state index in [2.05, 4.69) is 22.6 Å². The van der Waals surface area contributed by atoms with Crippen LogP contribution in [0.5, 0.6) is 5.75 Å². The van der Waals surface area contributed by atoms with E-state index in [4.69, 9.17) is 11.5 Å². The zero-order valence-corrected chi connectivity index (χ0v) is 12.0. The zero-order valence-electron chi connectivity index (χ0n) is 9.88. The molecule has 0 aliphatic rings. The summed E-state index contributed by atoms with van der Waals surface area (Å²) in [4.78, 5) is 12.9. The zero-order chi connectivity index (χ0) is 14.0. The highest BCUT2D eigenvalue weighted by molar-refractivity contribution is 14.1. The van der Waals surface area contributed by atoms with Gasteiger partial charge in [0.15, 0.2) is 0 Å². The van der Waals surface area contributed by atoms with Crippen molar-refractivity contribution in [1.82, 2.24) is 0 Å². The van der Waals surface area contributed by atoms with E-state index in [0.717, 1.165) is 3.57 Å². The molecule has 5 N–H and O–H groups in total. The Labute approximate surface area is 124 Å². The van der Waals surface area contributed by atoms with Gasteiger partial charge >= 0.3 is 6.03 Å². The summed E-state index contributed by atoms with van der Waals surface area (Å²) in [7, 11) is 0. The Morgan fingerprint density at radius 3 is 2.42 bits per heavy atom. The number of nitrogens with two attached hydrogens (primary N) is 2. The summed E-state index contributed by atoms with van der Waals surface area (Å²) in [6.07, 6.45) is 0. The number of phenols is 1. The van der Waals surface area contributed by atoms with E-state index in [1.807, 2.05) is 12.1 Å². The lowest BCUT2D eigenvalue weighted by molar-refractivity contribution is 0.256. The third-order valence-corrected chi connectivity index (χ3v) is 3.47. The van der Waals surface area contributed by atoms with Crippen molar-refractivity contribution < 1.29 is 9.90 Å². The number of hydrogen-bond donors (Lipinski definition) is 3. The third-order valence-electron chi connectivity index (χ3n) is 2.55. The van der Waals surface area contributed by atoms with Crippen molar-refractivity contribution >= 4 is 45.7 Å². The van der Waals surface area contributed by atoms with Gasteiger partial charge in [-0.1, -0.05) is 12.1 Å². The van der Waals surface area contributed by atoms with Crippen LogP contribution in [0.1, 0.15) is 0 Å². The van der Waals surface area contributed by atoms with Gasteiger partial charge < -0.3 is 16.6 Å². The van der Waals surface area contributed by atoms with Crippen LogP contribution in [0.25, 0.3) is 0 Å². The second-order valence-electron chi connectivity index (χ2n) is 3.87. The van der Waals surface area contributed by atoms with Crippen LogP contribution in [0.4, 0.5) is 21.9 Å². The third kappa shape index (κ3) is 2.73. The molecule has 0 radical (unpaired) electrons. The number of aromatic hydroxyl groups is 1. The molecule has 0 aliphatic carbocycles. The van der Waals surface area contributed by atoms with Gasteiger partial charge in [-0.15, -0.1) is 0 Å². The van der Waals surface area contributed by atoms with E-state index in [-0.39, 0.29) is 5.75 Å². The summed E-state index contributed by atoms with van der Waals surface area (Å²) in [5, 5.41) is 9.93. The number of carbonyl (C=O) groups excluding carboxylic acids is 1. The van der Waals surface area contributed by atoms with Crippen LogP contribution in [-0.2, 0) is 0 Å². The molecule has 2 aromatic rings. The molecule has 6 heteroatoms. The number of nitrogens with zero attached hydrogens (tertiary/aromatic N) is 1. The molecule has 0 heterocycles. The number of rotatable bonds is 2. The van der Waals surface area contributed by atoms with Crippen LogP contribution in [0.3, 0.4) is 0 Å². The normalized spacial score (nSPS) is 10.2. The Kier molecular flexibility index (Phi) is 3.79. The first kappa shape index (κ1) is 13.5. The Morgan fingerprint density at radius 2 is 1.84 bits per heavy atom. The molecule has 0 aliphatic heterocycles. The Bertz CT molecular complexity index is 631. The minimum atomic E-state index is -0.677. The highest BCUT2D eigenvalue weighted by Crippen LogP contribution is 2.36. The maximum absolute atomic E-state index is 11.7. The fourth-order valence-corrected chi connectivity index (χ4v) is 2.36. The van der Waals surface area contributed by atoms with E-state index in [1.165, 1.54) is 11.0 Å². The first-order valence-electron chi connectivity index (χ1n) is 5.43. The number of benzene rings is 2. The summed E-state index contributed by atoms with van der Waals surface area (Å²) >= 11 is 2.10. The number of halogens is 1. The van der Waals surface area contributed by atoms with Crippen molar-refractivity contribution in [3.8, 4) is 5.75 Å². The molecular weight excluding hydrogens is 357 g/mol. The van der Waals surface area contributed by atoms with Gasteiger partial charge in [0.25, 0.3) is 0 Å². The summed E-state index contributed by atoms with van der Waals surface area (Å²) < 4.78 is 0.843. The number of amides is 2. The van der Waals surface area contributed by atoms with Crippen molar-refractivity contribution in [2.45, 2.75) is 0 Å². The highest BCUT2D eigenvalue weighted by Gasteiger charge is 2.20. The lowest BCUT2D eigenvalue weighted by Crippen LogP contribution is -2.32. The minimum absolute atomic E-state index is 0.0987. The molecule has 0 fully saturated rings. The van der Waals surface area contributed by atoms with Gasteiger partial charge in [0, 0.05) is 15.3 Å². The number of primary amides is 1. The molecule has 19 heavy (non-hydrogen) atoms. The van der Waals surface area contributed by atoms with Crippen molar-refractivity contribution in [3.63, 3.8) is 0 Å². The van der Waals surface area contributed by atoms with E-state index < -0.39 is 6.03 Å². The van der Waals surface area contributed by atoms with Crippen molar-refractivity contribution in [3.05, 3.63) is 46.0 Å². The molecule has 0 atom stereocenters. The van der Waals surface area contributed by atoms with Crippen LogP contribution < -0.4 is 16.4 Å². The SMILES string of the molecule is NC(=O)N(c1ccc(N)cc1O)c1ccccc1I. The molecular formula is C13H12IN3O2. The van der Waals surface area contributed by atoms with Gasteiger partial charge in [0.05, 0.1) is 11.4 Å². The maximum atomic E-state index is 11.7. The molecule has 0 bridgehead atoms. The standard InChI is InChI=1S/C13H12IN3O2/c14-9-3-1-2-4-10(9)17(13(16)19)11-6-5-8(15)7-12(11)18/h1-7,18H,15H2,(H2,16,19). The molecule has 98 valence electrons. The predicted molar refractivity (Wildman–Crippen MR) is 83.4 cm³/mol. The number of phenolic OH excluding ortho intramolecular Hbond substituents is 1. The average Bonchev–Trinajstić information content (AvgIpc) is 2.34.